The number of nitriles is 1. The van der Waals surface area contributed by atoms with Crippen molar-refractivity contribution < 1.29 is 4.79 Å². The summed E-state index contributed by atoms with van der Waals surface area (Å²) < 4.78 is 0. The first-order valence-electron chi connectivity index (χ1n) is 10.5. The number of rotatable bonds is 7. The summed E-state index contributed by atoms with van der Waals surface area (Å²) in [5, 5.41) is 12.3. The van der Waals surface area contributed by atoms with Gasteiger partial charge in [-0.05, 0) is 74.0 Å². The number of piperidine rings is 1. The molecule has 1 aliphatic carbocycles. The largest absolute Gasteiger partial charge is 0.385 e. The van der Waals surface area contributed by atoms with E-state index in [0.717, 1.165) is 38.3 Å². The lowest BCUT2D eigenvalue weighted by atomic mass is 9.90. The maximum Gasteiger partial charge on any atom is 0.270 e. The van der Waals surface area contributed by atoms with Crippen LogP contribution >= 0.6 is 0 Å². The van der Waals surface area contributed by atoms with Crippen molar-refractivity contribution >= 4 is 11.6 Å². The van der Waals surface area contributed by atoms with Gasteiger partial charge in [0.05, 0.1) is 11.6 Å². The molecule has 2 aromatic rings. The third kappa shape index (κ3) is 4.30. The number of aromatic amines is 1. The molecule has 1 saturated heterocycles. The van der Waals surface area contributed by atoms with Crippen molar-refractivity contribution in [2.75, 3.05) is 38.5 Å². The van der Waals surface area contributed by atoms with E-state index in [-0.39, 0.29) is 5.91 Å². The number of nitrogens with one attached hydrogen (secondary N) is 2. The number of hydrogen-bond donors (Lipinski definition) is 2. The third-order valence-corrected chi connectivity index (χ3v) is 6.45. The quantitative estimate of drug-likeness (QED) is 0.711. The molecular formula is C23H29N5O. The fraction of sp³-hybridized carbons (Fsp3) is 0.478. The summed E-state index contributed by atoms with van der Waals surface area (Å²) in [6.45, 7) is 4.17. The number of carbonyl (C=O) groups excluding carboxylic acids is 1. The van der Waals surface area contributed by atoms with Crippen LogP contribution in [0.15, 0.2) is 42.6 Å². The minimum absolute atomic E-state index is 0.108. The van der Waals surface area contributed by atoms with Gasteiger partial charge < -0.3 is 20.1 Å². The number of fused-ring (bicyclic) bond motifs is 2. The van der Waals surface area contributed by atoms with Crippen molar-refractivity contribution in [2.24, 2.45) is 11.8 Å². The van der Waals surface area contributed by atoms with Crippen LogP contribution in [0.1, 0.15) is 35.3 Å². The van der Waals surface area contributed by atoms with E-state index < -0.39 is 0 Å². The van der Waals surface area contributed by atoms with Gasteiger partial charge in [-0.25, -0.2) is 0 Å². The highest BCUT2D eigenvalue weighted by Gasteiger charge is 2.45. The second kappa shape index (κ2) is 8.71. The number of likely N-dealkylation sites (tertiary alicyclic amines) is 1. The zero-order valence-corrected chi connectivity index (χ0v) is 17.0. The summed E-state index contributed by atoms with van der Waals surface area (Å²) in [4.78, 5) is 20.4. The van der Waals surface area contributed by atoms with Gasteiger partial charge in [0.2, 0.25) is 0 Å². The molecule has 29 heavy (non-hydrogen) atoms. The molecule has 6 nitrogen and oxygen atoms in total. The van der Waals surface area contributed by atoms with Crippen LogP contribution in [-0.4, -0.2) is 60.0 Å². The number of anilines is 1. The molecule has 2 fully saturated rings. The first-order valence-corrected chi connectivity index (χ1v) is 10.5. The monoisotopic (exact) mass is 391 g/mol. The molecule has 1 saturated carbocycles. The minimum atomic E-state index is 0.108. The van der Waals surface area contributed by atoms with E-state index >= 15 is 0 Å². The van der Waals surface area contributed by atoms with E-state index in [0.29, 0.717) is 29.1 Å². The molecular weight excluding hydrogens is 362 g/mol. The van der Waals surface area contributed by atoms with Crippen molar-refractivity contribution in [1.82, 2.24) is 14.8 Å². The van der Waals surface area contributed by atoms with Crippen LogP contribution in [0.4, 0.5) is 5.69 Å². The second-order valence-corrected chi connectivity index (χ2v) is 8.32. The zero-order chi connectivity index (χ0) is 20.2. The SMILES string of the molecule is CN(C(=O)c1ccc[nH]1)C1C2CCC1CN(CCCNc1ccc(C#N)cc1)C2. The predicted octanol–water partition coefficient (Wildman–Crippen LogP) is 3.17. The lowest BCUT2D eigenvalue weighted by molar-refractivity contribution is 0.0430. The number of benzene rings is 1. The van der Waals surface area contributed by atoms with Crippen LogP contribution < -0.4 is 5.32 Å². The molecule has 2 atom stereocenters. The van der Waals surface area contributed by atoms with E-state index in [9.17, 15) is 4.79 Å². The van der Waals surface area contributed by atoms with E-state index in [4.69, 9.17) is 5.26 Å². The summed E-state index contributed by atoms with van der Waals surface area (Å²) in [5.41, 5.74) is 2.43. The summed E-state index contributed by atoms with van der Waals surface area (Å²) in [6.07, 6.45) is 5.33. The molecule has 2 aliphatic rings. The number of nitrogens with zero attached hydrogens (tertiary/aromatic N) is 3. The fourth-order valence-corrected chi connectivity index (χ4v) is 5.09. The van der Waals surface area contributed by atoms with Crippen molar-refractivity contribution in [2.45, 2.75) is 25.3 Å². The number of amides is 1. The Hall–Kier alpha value is -2.78. The van der Waals surface area contributed by atoms with Crippen LogP contribution in [0, 0.1) is 23.2 Å². The van der Waals surface area contributed by atoms with Crippen LogP contribution in [0.5, 0.6) is 0 Å². The zero-order valence-electron chi connectivity index (χ0n) is 17.0. The summed E-state index contributed by atoms with van der Waals surface area (Å²) in [5.74, 6) is 1.25. The van der Waals surface area contributed by atoms with E-state index in [1.807, 2.05) is 54.5 Å². The summed E-state index contributed by atoms with van der Waals surface area (Å²) in [7, 11) is 1.97. The van der Waals surface area contributed by atoms with Crippen LogP contribution in [0.3, 0.4) is 0 Å². The highest BCUT2D eigenvalue weighted by molar-refractivity contribution is 5.92. The van der Waals surface area contributed by atoms with Crippen molar-refractivity contribution in [3.8, 4) is 6.07 Å². The first-order chi connectivity index (χ1) is 14.2. The van der Waals surface area contributed by atoms with Gasteiger partial charge in [-0.1, -0.05) is 0 Å². The Morgan fingerprint density at radius 1 is 1.24 bits per heavy atom. The molecule has 0 radical (unpaired) electrons. The molecule has 152 valence electrons. The van der Waals surface area contributed by atoms with Gasteiger partial charge in [0.1, 0.15) is 5.69 Å². The lowest BCUT2D eigenvalue weighted by Crippen LogP contribution is -2.53. The smallest absolute Gasteiger partial charge is 0.270 e. The van der Waals surface area contributed by atoms with Crippen molar-refractivity contribution in [3.63, 3.8) is 0 Å². The van der Waals surface area contributed by atoms with Gasteiger partial charge >= 0.3 is 0 Å². The average molecular weight is 392 g/mol. The topological polar surface area (TPSA) is 75.2 Å². The van der Waals surface area contributed by atoms with Gasteiger partial charge in [-0.3, -0.25) is 4.79 Å². The van der Waals surface area contributed by atoms with Gasteiger partial charge in [-0.15, -0.1) is 0 Å². The van der Waals surface area contributed by atoms with Crippen molar-refractivity contribution in [3.05, 3.63) is 53.9 Å². The van der Waals surface area contributed by atoms with E-state index in [2.05, 4.69) is 21.3 Å². The molecule has 2 bridgehead atoms. The molecule has 2 heterocycles. The molecule has 1 aromatic carbocycles. The van der Waals surface area contributed by atoms with Crippen LogP contribution in [-0.2, 0) is 0 Å². The summed E-state index contributed by atoms with van der Waals surface area (Å²) in [6, 6.07) is 13.8. The maximum absolute atomic E-state index is 12.7. The summed E-state index contributed by atoms with van der Waals surface area (Å²) >= 11 is 0. The standard InChI is InChI=1S/C23H29N5O/c1-27(23(29)21-4-2-11-26-21)22-18-7-8-19(22)16-28(15-18)13-3-12-25-20-9-5-17(14-24)6-10-20/h2,4-6,9-11,18-19,22,25-26H,3,7-8,12-13,15-16H2,1H3. The second-order valence-electron chi connectivity index (χ2n) is 8.32. The Morgan fingerprint density at radius 3 is 2.59 bits per heavy atom. The van der Waals surface area contributed by atoms with Gasteiger partial charge in [0.15, 0.2) is 0 Å². The third-order valence-electron chi connectivity index (χ3n) is 6.45. The lowest BCUT2D eigenvalue weighted by Gasteiger charge is -2.42. The molecule has 0 spiro atoms. The molecule has 2 unspecified atom stereocenters. The molecule has 2 N–H and O–H groups in total. The minimum Gasteiger partial charge on any atom is -0.385 e. The fourth-order valence-electron chi connectivity index (χ4n) is 5.09. The van der Waals surface area contributed by atoms with Gasteiger partial charge in [-0.2, -0.15) is 5.26 Å². The average Bonchev–Trinajstić information content (AvgIpc) is 3.37. The van der Waals surface area contributed by atoms with E-state index in [1.54, 1.807) is 0 Å². The van der Waals surface area contributed by atoms with Crippen LogP contribution in [0.2, 0.25) is 0 Å². The Balaban J connectivity index is 1.24. The molecule has 6 heteroatoms. The number of hydrogen-bond acceptors (Lipinski definition) is 4. The molecule has 1 amide bonds. The van der Waals surface area contributed by atoms with Crippen molar-refractivity contribution in [1.29, 1.82) is 5.26 Å². The molecule has 1 aromatic heterocycles. The Kier molecular flexibility index (Phi) is 5.86. The van der Waals surface area contributed by atoms with Gasteiger partial charge in [0, 0.05) is 44.6 Å². The Morgan fingerprint density at radius 2 is 1.97 bits per heavy atom. The predicted molar refractivity (Wildman–Crippen MR) is 114 cm³/mol. The van der Waals surface area contributed by atoms with Gasteiger partial charge in [0.25, 0.3) is 5.91 Å². The normalized spacial score (nSPS) is 23.5. The highest BCUT2D eigenvalue weighted by atomic mass is 16.2. The molecule has 4 rings (SSSR count). The first kappa shape index (κ1) is 19.5. The highest BCUT2D eigenvalue weighted by Crippen LogP contribution is 2.40. The van der Waals surface area contributed by atoms with E-state index in [1.165, 1.54) is 12.8 Å². The number of aromatic nitrogens is 1. The Bertz CT molecular complexity index is 840. The van der Waals surface area contributed by atoms with Crippen LogP contribution in [0.25, 0.3) is 0 Å². The number of H-pyrrole nitrogens is 1. The number of carbonyl (C=O) groups is 1. The maximum atomic E-state index is 12.7. The molecule has 1 aliphatic heterocycles. The Labute approximate surface area is 172 Å².